The van der Waals surface area contributed by atoms with Gasteiger partial charge in [-0.15, -0.1) is 0 Å². The number of nitrogens with zero attached hydrogens (tertiary/aromatic N) is 3. The van der Waals surface area contributed by atoms with Crippen molar-refractivity contribution in [1.29, 1.82) is 0 Å². The number of aryl methyl sites for hydroxylation is 1. The molecule has 1 aromatic heterocycles. The summed E-state index contributed by atoms with van der Waals surface area (Å²) in [7, 11) is 0. The molecule has 0 aliphatic carbocycles. The summed E-state index contributed by atoms with van der Waals surface area (Å²) >= 11 is 0. The van der Waals surface area contributed by atoms with Crippen LogP contribution in [0.2, 0.25) is 0 Å². The normalized spacial score (nSPS) is 14.1. The van der Waals surface area contributed by atoms with Gasteiger partial charge in [-0.2, -0.15) is 0 Å². The molecule has 1 aliphatic rings. The predicted octanol–water partition coefficient (Wildman–Crippen LogP) is 3.70. The highest BCUT2D eigenvalue weighted by molar-refractivity contribution is 6.06. The Kier molecular flexibility index (Phi) is 4.46. The Morgan fingerprint density at radius 2 is 1.70 bits per heavy atom. The summed E-state index contributed by atoms with van der Waals surface area (Å²) in [6.07, 6.45) is 2.35. The Bertz CT molecular complexity index is 1000. The van der Waals surface area contributed by atoms with E-state index in [0.717, 1.165) is 27.8 Å². The standard InChI is InChI=1S/C21H19N3O3/c25-20(26)10-5-15-3-6-17(7-4-15)23-12-13-24(21(23)27)18-8-9-19-16(14-18)2-1-11-22-19/h1-4,6-9,11,14H,5,10,12-13H2,(H,25,26). The number of urea groups is 1. The first kappa shape index (κ1) is 17.0. The van der Waals surface area contributed by atoms with Crippen molar-refractivity contribution in [3.05, 3.63) is 66.4 Å². The number of carboxylic acid groups (broad SMARTS) is 1. The van der Waals surface area contributed by atoms with Gasteiger partial charge in [0.15, 0.2) is 0 Å². The van der Waals surface area contributed by atoms with Crippen LogP contribution in [-0.4, -0.2) is 35.2 Å². The van der Waals surface area contributed by atoms with E-state index in [1.807, 2.05) is 54.6 Å². The summed E-state index contributed by atoms with van der Waals surface area (Å²) in [6, 6.07) is 17.2. The molecule has 0 unspecified atom stereocenters. The molecule has 6 nitrogen and oxygen atoms in total. The van der Waals surface area contributed by atoms with E-state index in [2.05, 4.69) is 4.98 Å². The van der Waals surface area contributed by atoms with Gasteiger partial charge in [0.25, 0.3) is 0 Å². The first-order chi connectivity index (χ1) is 13.1. The zero-order valence-electron chi connectivity index (χ0n) is 14.7. The Balaban J connectivity index is 1.51. The van der Waals surface area contributed by atoms with Gasteiger partial charge >= 0.3 is 12.0 Å². The quantitative estimate of drug-likeness (QED) is 0.752. The lowest BCUT2D eigenvalue weighted by Gasteiger charge is -2.19. The molecule has 0 bridgehead atoms. The van der Waals surface area contributed by atoms with Crippen LogP contribution < -0.4 is 9.80 Å². The lowest BCUT2D eigenvalue weighted by Crippen LogP contribution is -2.31. The number of pyridine rings is 1. The Hall–Kier alpha value is -3.41. The predicted molar refractivity (Wildman–Crippen MR) is 104 cm³/mol. The maximum absolute atomic E-state index is 12.9. The molecule has 4 rings (SSSR count). The van der Waals surface area contributed by atoms with E-state index in [1.165, 1.54) is 0 Å². The second-order valence-electron chi connectivity index (χ2n) is 6.53. The molecule has 6 heteroatoms. The number of hydrogen-bond donors (Lipinski definition) is 1. The highest BCUT2D eigenvalue weighted by Gasteiger charge is 2.30. The molecule has 1 N–H and O–H groups in total. The zero-order valence-corrected chi connectivity index (χ0v) is 14.7. The van der Waals surface area contributed by atoms with Crippen molar-refractivity contribution in [2.75, 3.05) is 22.9 Å². The third-order valence-corrected chi connectivity index (χ3v) is 4.78. The van der Waals surface area contributed by atoms with Crippen LogP contribution in [0.15, 0.2) is 60.8 Å². The van der Waals surface area contributed by atoms with Gasteiger partial charge < -0.3 is 5.11 Å². The van der Waals surface area contributed by atoms with Gasteiger partial charge in [-0.25, -0.2) is 4.79 Å². The molecule has 2 amide bonds. The average molecular weight is 361 g/mol. The zero-order chi connectivity index (χ0) is 18.8. The number of anilines is 2. The monoisotopic (exact) mass is 361 g/mol. The summed E-state index contributed by atoms with van der Waals surface area (Å²) in [5.41, 5.74) is 3.54. The highest BCUT2D eigenvalue weighted by atomic mass is 16.4. The summed E-state index contributed by atoms with van der Waals surface area (Å²) in [4.78, 5) is 31.4. The lowest BCUT2D eigenvalue weighted by molar-refractivity contribution is -0.136. The van der Waals surface area contributed by atoms with Crippen molar-refractivity contribution in [1.82, 2.24) is 4.98 Å². The maximum Gasteiger partial charge on any atom is 0.329 e. The molecule has 27 heavy (non-hydrogen) atoms. The maximum atomic E-state index is 12.9. The molecule has 0 saturated carbocycles. The number of benzene rings is 2. The van der Waals surface area contributed by atoms with Crippen LogP contribution in [0.4, 0.5) is 16.2 Å². The third kappa shape index (κ3) is 3.46. The van der Waals surface area contributed by atoms with Crippen molar-refractivity contribution >= 4 is 34.3 Å². The average Bonchev–Trinajstić information content (AvgIpc) is 3.08. The molecule has 1 saturated heterocycles. The number of carbonyl (C=O) groups is 2. The number of amides is 2. The first-order valence-corrected chi connectivity index (χ1v) is 8.86. The van der Waals surface area contributed by atoms with E-state index in [4.69, 9.17) is 5.11 Å². The molecule has 1 fully saturated rings. The minimum absolute atomic E-state index is 0.0588. The number of carboxylic acids is 1. The molecule has 0 atom stereocenters. The third-order valence-electron chi connectivity index (χ3n) is 4.78. The van der Waals surface area contributed by atoms with Gasteiger partial charge in [-0.1, -0.05) is 18.2 Å². The molecule has 3 aromatic rings. The van der Waals surface area contributed by atoms with E-state index in [-0.39, 0.29) is 12.5 Å². The topological polar surface area (TPSA) is 73.7 Å². The molecule has 2 aromatic carbocycles. The number of aliphatic carboxylic acids is 1. The van der Waals surface area contributed by atoms with Gasteiger partial charge in [0.1, 0.15) is 0 Å². The van der Waals surface area contributed by atoms with Gasteiger partial charge in [0, 0.05) is 42.5 Å². The SMILES string of the molecule is O=C(O)CCc1ccc(N2CCN(c3ccc4ncccc4c3)C2=O)cc1. The largest absolute Gasteiger partial charge is 0.481 e. The summed E-state index contributed by atoms with van der Waals surface area (Å²) < 4.78 is 0. The van der Waals surface area contributed by atoms with Crippen LogP contribution in [0.5, 0.6) is 0 Å². The molecule has 2 heterocycles. The van der Waals surface area contributed by atoms with Crippen molar-refractivity contribution in [3.63, 3.8) is 0 Å². The van der Waals surface area contributed by atoms with Gasteiger partial charge in [0.05, 0.1) is 5.52 Å². The fraction of sp³-hybridized carbons (Fsp3) is 0.190. The first-order valence-electron chi connectivity index (χ1n) is 8.86. The molecule has 0 spiro atoms. The van der Waals surface area contributed by atoms with Crippen LogP contribution in [0.3, 0.4) is 0 Å². The Labute approximate surface area is 156 Å². The van der Waals surface area contributed by atoms with Crippen LogP contribution in [-0.2, 0) is 11.2 Å². The smallest absolute Gasteiger partial charge is 0.329 e. The fourth-order valence-electron chi connectivity index (χ4n) is 3.34. The fourth-order valence-corrected chi connectivity index (χ4v) is 3.34. The van der Waals surface area contributed by atoms with Crippen LogP contribution in [0.1, 0.15) is 12.0 Å². The van der Waals surface area contributed by atoms with Crippen LogP contribution in [0, 0.1) is 0 Å². The Morgan fingerprint density at radius 1 is 1.00 bits per heavy atom. The van der Waals surface area contributed by atoms with E-state index in [9.17, 15) is 9.59 Å². The van der Waals surface area contributed by atoms with Crippen LogP contribution in [0.25, 0.3) is 10.9 Å². The lowest BCUT2D eigenvalue weighted by atomic mass is 10.1. The van der Waals surface area contributed by atoms with Crippen molar-refractivity contribution in [3.8, 4) is 0 Å². The van der Waals surface area contributed by atoms with Gasteiger partial charge in [-0.05, 0) is 48.4 Å². The Morgan fingerprint density at radius 3 is 2.44 bits per heavy atom. The van der Waals surface area contributed by atoms with Crippen molar-refractivity contribution in [2.45, 2.75) is 12.8 Å². The molecule has 136 valence electrons. The molecule has 1 aliphatic heterocycles. The molecular formula is C21H19N3O3. The van der Waals surface area contributed by atoms with Crippen molar-refractivity contribution < 1.29 is 14.7 Å². The number of aromatic nitrogens is 1. The minimum Gasteiger partial charge on any atom is -0.481 e. The number of hydrogen-bond acceptors (Lipinski definition) is 3. The van der Waals surface area contributed by atoms with Gasteiger partial charge in [0.2, 0.25) is 0 Å². The second kappa shape index (κ2) is 7.07. The second-order valence-corrected chi connectivity index (χ2v) is 6.53. The van der Waals surface area contributed by atoms with Crippen LogP contribution >= 0.6 is 0 Å². The number of rotatable bonds is 5. The highest BCUT2D eigenvalue weighted by Crippen LogP contribution is 2.27. The summed E-state index contributed by atoms with van der Waals surface area (Å²) in [6.45, 7) is 1.23. The van der Waals surface area contributed by atoms with E-state index >= 15 is 0 Å². The minimum atomic E-state index is -0.810. The number of fused-ring (bicyclic) bond motifs is 1. The van der Waals surface area contributed by atoms with Crippen molar-refractivity contribution in [2.24, 2.45) is 0 Å². The van der Waals surface area contributed by atoms with E-state index in [1.54, 1.807) is 16.0 Å². The summed E-state index contributed by atoms with van der Waals surface area (Å²) in [5, 5.41) is 9.78. The summed E-state index contributed by atoms with van der Waals surface area (Å²) in [5.74, 6) is -0.810. The molecular weight excluding hydrogens is 342 g/mol. The van der Waals surface area contributed by atoms with Gasteiger partial charge in [-0.3, -0.25) is 19.6 Å². The van der Waals surface area contributed by atoms with E-state index in [0.29, 0.717) is 19.5 Å². The molecule has 0 radical (unpaired) electrons. The van der Waals surface area contributed by atoms with E-state index < -0.39 is 5.97 Å². The number of carbonyl (C=O) groups excluding carboxylic acids is 1.